The smallest absolute Gasteiger partial charge is 0.271 e. The van der Waals surface area contributed by atoms with E-state index in [2.05, 4.69) is 14.9 Å². The fourth-order valence-electron chi connectivity index (χ4n) is 4.95. The van der Waals surface area contributed by atoms with E-state index in [0.717, 1.165) is 29.9 Å². The molecule has 2 amide bonds. The van der Waals surface area contributed by atoms with Crippen LogP contribution in [0.15, 0.2) is 54.9 Å². The molecule has 4 heterocycles. The highest BCUT2D eigenvalue weighted by molar-refractivity contribution is 5.96. The first kappa shape index (κ1) is 20.4. The number of carbonyl (C=O) groups excluding carboxylic acids is 2. The zero-order chi connectivity index (χ0) is 22.2. The van der Waals surface area contributed by atoms with Crippen molar-refractivity contribution in [3.05, 3.63) is 71.8 Å². The molecule has 0 saturated carbocycles. The zero-order valence-electron chi connectivity index (χ0n) is 18.4. The molecule has 0 aliphatic carbocycles. The molecule has 2 aliphatic rings. The van der Waals surface area contributed by atoms with Crippen molar-refractivity contribution in [3.8, 4) is 11.4 Å². The van der Waals surface area contributed by atoms with Crippen molar-refractivity contribution in [2.24, 2.45) is 0 Å². The Balaban J connectivity index is 1.57. The van der Waals surface area contributed by atoms with Crippen LogP contribution in [0.5, 0.6) is 0 Å². The van der Waals surface area contributed by atoms with E-state index in [-0.39, 0.29) is 29.9 Å². The Labute approximate surface area is 187 Å². The summed E-state index contributed by atoms with van der Waals surface area (Å²) in [4.78, 5) is 37.4. The van der Waals surface area contributed by atoms with Crippen LogP contribution >= 0.6 is 0 Å². The highest BCUT2D eigenvalue weighted by atomic mass is 16.2. The van der Waals surface area contributed by atoms with Crippen molar-refractivity contribution in [1.82, 2.24) is 24.8 Å². The number of hydrogen-bond donors (Lipinski definition) is 1. The van der Waals surface area contributed by atoms with Gasteiger partial charge in [0.15, 0.2) is 0 Å². The van der Waals surface area contributed by atoms with Crippen LogP contribution in [-0.4, -0.2) is 49.4 Å². The van der Waals surface area contributed by atoms with Crippen molar-refractivity contribution >= 4 is 11.8 Å². The van der Waals surface area contributed by atoms with Gasteiger partial charge in [-0.05, 0) is 38.8 Å². The van der Waals surface area contributed by atoms with Crippen molar-refractivity contribution in [2.75, 3.05) is 0 Å². The Morgan fingerprint density at radius 1 is 1.06 bits per heavy atom. The van der Waals surface area contributed by atoms with E-state index in [0.29, 0.717) is 24.2 Å². The van der Waals surface area contributed by atoms with E-state index in [9.17, 15) is 9.59 Å². The van der Waals surface area contributed by atoms with Gasteiger partial charge in [-0.2, -0.15) is 0 Å². The summed E-state index contributed by atoms with van der Waals surface area (Å²) in [6.07, 6.45) is 5.79. The molecule has 2 aliphatic heterocycles. The lowest BCUT2D eigenvalue weighted by molar-refractivity contribution is 0.0665. The highest BCUT2D eigenvalue weighted by Crippen LogP contribution is 2.36. The molecule has 2 bridgehead atoms. The van der Waals surface area contributed by atoms with Crippen molar-refractivity contribution < 1.29 is 9.59 Å². The average Bonchev–Trinajstić information content (AvgIpc) is 3.30. The Kier molecular flexibility index (Phi) is 5.25. The maximum Gasteiger partial charge on any atom is 0.271 e. The highest BCUT2D eigenvalue weighted by Gasteiger charge is 2.42. The molecule has 0 spiro atoms. The molecule has 3 aromatic rings. The molecule has 5 rings (SSSR count). The lowest BCUT2D eigenvalue weighted by atomic mass is 10.0. The number of rotatable bonds is 4. The standard InChI is InChI=1S/C25H27N5O2/c1-16(2)27-24(31)22-21-13-19-10-11-20(30(19)25(32)18-9-6-12-26-14-18)15-29(21)23(28-22)17-7-4-3-5-8-17/h3-9,12,14,16,19-20H,10-11,13,15H2,1-2H3,(H,27,31)/t19-,20+/m0/s1. The molecule has 2 aromatic heterocycles. The molecular weight excluding hydrogens is 402 g/mol. The average molecular weight is 430 g/mol. The van der Waals surface area contributed by atoms with E-state index in [1.807, 2.05) is 55.1 Å². The summed E-state index contributed by atoms with van der Waals surface area (Å²) in [7, 11) is 0. The molecule has 1 aromatic carbocycles. The Morgan fingerprint density at radius 2 is 1.84 bits per heavy atom. The van der Waals surface area contributed by atoms with Crippen LogP contribution in [0.4, 0.5) is 0 Å². The zero-order valence-corrected chi connectivity index (χ0v) is 18.4. The second kappa shape index (κ2) is 8.22. The summed E-state index contributed by atoms with van der Waals surface area (Å²) in [5.74, 6) is 0.642. The Hall–Kier alpha value is -3.48. The molecule has 2 atom stereocenters. The molecule has 7 nitrogen and oxygen atoms in total. The number of nitrogens with one attached hydrogen (secondary N) is 1. The second-order valence-electron chi connectivity index (χ2n) is 8.88. The van der Waals surface area contributed by atoms with Crippen LogP contribution in [0.2, 0.25) is 0 Å². The number of nitrogens with zero attached hydrogens (tertiary/aromatic N) is 4. The molecule has 164 valence electrons. The number of aromatic nitrogens is 3. The molecular formula is C25H27N5O2. The summed E-state index contributed by atoms with van der Waals surface area (Å²) in [6, 6.07) is 13.7. The predicted octanol–water partition coefficient (Wildman–Crippen LogP) is 3.31. The monoisotopic (exact) mass is 429 g/mol. The molecule has 0 unspecified atom stereocenters. The van der Waals surface area contributed by atoms with E-state index in [1.54, 1.807) is 18.5 Å². The fourth-order valence-corrected chi connectivity index (χ4v) is 4.95. The first-order valence-electron chi connectivity index (χ1n) is 11.2. The number of hydrogen-bond acceptors (Lipinski definition) is 4. The van der Waals surface area contributed by atoms with E-state index in [1.165, 1.54) is 0 Å². The number of imidazole rings is 1. The lowest BCUT2D eigenvalue weighted by Crippen LogP contribution is -2.42. The van der Waals surface area contributed by atoms with Gasteiger partial charge in [0, 0.05) is 43.0 Å². The van der Waals surface area contributed by atoms with E-state index < -0.39 is 0 Å². The third-order valence-corrected chi connectivity index (χ3v) is 6.32. The summed E-state index contributed by atoms with van der Waals surface area (Å²) in [6.45, 7) is 4.52. The van der Waals surface area contributed by atoms with Crippen LogP contribution < -0.4 is 5.32 Å². The number of benzene rings is 1. The minimum absolute atomic E-state index is 0.0127. The number of carbonyl (C=O) groups is 2. The first-order chi connectivity index (χ1) is 15.5. The van der Waals surface area contributed by atoms with Gasteiger partial charge in [-0.25, -0.2) is 4.98 Å². The first-order valence-corrected chi connectivity index (χ1v) is 11.2. The van der Waals surface area contributed by atoms with Crippen LogP contribution in [0.3, 0.4) is 0 Å². The molecule has 0 radical (unpaired) electrons. The third kappa shape index (κ3) is 3.57. The minimum atomic E-state index is -0.158. The van der Waals surface area contributed by atoms with E-state index in [4.69, 9.17) is 4.98 Å². The quantitative estimate of drug-likeness (QED) is 0.690. The van der Waals surface area contributed by atoms with Crippen LogP contribution in [-0.2, 0) is 13.0 Å². The maximum atomic E-state index is 13.4. The molecule has 32 heavy (non-hydrogen) atoms. The minimum Gasteiger partial charge on any atom is -0.348 e. The van der Waals surface area contributed by atoms with Crippen LogP contribution in [0.1, 0.15) is 53.2 Å². The van der Waals surface area contributed by atoms with E-state index >= 15 is 0 Å². The van der Waals surface area contributed by atoms with Gasteiger partial charge in [0.2, 0.25) is 0 Å². The van der Waals surface area contributed by atoms with Gasteiger partial charge < -0.3 is 14.8 Å². The fraction of sp³-hybridized carbons (Fsp3) is 0.360. The van der Waals surface area contributed by atoms with Gasteiger partial charge >= 0.3 is 0 Å². The van der Waals surface area contributed by atoms with Gasteiger partial charge in [-0.15, -0.1) is 0 Å². The summed E-state index contributed by atoms with van der Waals surface area (Å²) in [5.41, 5.74) is 2.97. The Bertz CT molecular complexity index is 1140. The normalized spacial score (nSPS) is 19.5. The van der Waals surface area contributed by atoms with Crippen molar-refractivity contribution in [1.29, 1.82) is 0 Å². The molecule has 1 fully saturated rings. The van der Waals surface area contributed by atoms with Gasteiger partial charge in [0.05, 0.1) is 17.3 Å². The summed E-state index contributed by atoms with van der Waals surface area (Å²) in [5, 5.41) is 2.99. The van der Waals surface area contributed by atoms with Gasteiger partial charge in [-0.1, -0.05) is 30.3 Å². The van der Waals surface area contributed by atoms with Gasteiger partial charge in [0.1, 0.15) is 11.5 Å². The van der Waals surface area contributed by atoms with Gasteiger partial charge in [-0.3, -0.25) is 14.6 Å². The number of fused-ring (bicyclic) bond motifs is 3. The van der Waals surface area contributed by atoms with Crippen molar-refractivity contribution in [2.45, 2.75) is 57.8 Å². The molecule has 7 heteroatoms. The third-order valence-electron chi connectivity index (χ3n) is 6.32. The number of pyridine rings is 1. The van der Waals surface area contributed by atoms with Gasteiger partial charge in [0.25, 0.3) is 11.8 Å². The SMILES string of the molecule is CC(C)NC(=O)c1nc(-c2ccccc2)n2c1C[C@@H]1CC[C@H](C2)N1C(=O)c1cccnc1. The van der Waals surface area contributed by atoms with Crippen LogP contribution in [0.25, 0.3) is 11.4 Å². The summed E-state index contributed by atoms with van der Waals surface area (Å²) >= 11 is 0. The number of amides is 2. The largest absolute Gasteiger partial charge is 0.348 e. The van der Waals surface area contributed by atoms with Crippen LogP contribution in [0, 0.1) is 0 Å². The second-order valence-corrected chi connectivity index (χ2v) is 8.88. The van der Waals surface area contributed by atoms with Crippen molar-refractivity contribution in [3.63, 3.8) is 0 Å². The Morgan fingerprint density at radius 3 is 2.56 bits per heavy atom. The summed E-state index contributed by atoms with van der Waals surface area (Å²) < 4.78 is 2.16. The molecule has 1 saturated heterocycles. The lowest BCUT2D eigenvalue weighted by Gasteiger charge is -2.28. The maximum absolute atomic E-state index is 13.4. The topological polar surface area (TPSA) is 80.1 Å². The molecule has 1 N–H and O–H groups in total. The predicted molar refractivity (Wildman–Crippen MR) is 121 cm³/mol.